The average molecular weight is 293 g/mol. The maximum absolute atomic E-state index is 9.54. The Morgan fingerprint density at radius 3 is 2.52 bits per heavy atom. The van der Waals surface area contributed by atoms with Crippen LogP contribution in [0.15, 0.2) is 18.2 Å². The summed E-state index contributed by atoms with van der Waals surface area (Å²) in [6, 6.07) is 6.65. The van der Waals surface area contributed by atoms with Gasteiger partial charge in [0.25, 0.3) is 0 Å². The lowest BCUT2D eigenvalue weighted by Gasteiger charge is -2.31. The highest BCUT2D eigenvalue weighted by Gasteiger charge is 2.22. The number of benzene rings is 1. The zero-order valence-corrected chi connectivity index (χ0v) is 14.2. The average Bonchev–Trinajstić information content (AvgIpc) is 2.40. The van der Waals surface area contributed by atoms with E-state index in [2.05, 4.69) is 52.1 Å². The van der Waals surface area contributed by atoms with Gasteiger partial charge in [-0.2, -0.15) is 0 Å². The summed E-state index contributed by atoms with van der Waals surface area (Å²) in [6.07, 6.45) is 3.00. The molecule has 0 aliphatic heterocycles. The Labute approximate surface area is 129 Å². The third kappa shape index (κ3) is 6.49. The number of rotatable bonds is 9. The lowest BCUT2D eigenvalue weighted by Crippen LogP contribution is -2.49. The van der Waals surface area contributed by atoms with Gasteiger partial charge >= 0.3 is 0 Å². The molecule has 1 rings (SSSR count). The number of unbranched alkanes of at least 4 members (excludes halogenated alkanes) is 1. The largest absolute Gasteiger partial charge is 0.493 e. The number of aliphatic hydroxyl groups excluding tert-OH is 1. The third-order valence-corrected chi connectivity index (χ3v) is 3.70. The second kappa shape index (κ2) is 8.40. The molecule has 0 bridgehead atoms. The number of aryl methyl sites for hydroxylation is 2. The first kappa shape index (κ1) is 18.0. The Morgan fingerprint density at radius 1 is 1.24 bits per heavy atom. The van der Waals surface area contributed by atoms with Gasteiger partial charge in [0.05, 0.1) is 13.2 Å². The second-order valence-corrected chi connectivity index (χ2v) is 6.59. The van der Waals surface area contributed by atoms with Crippen molar-refractivity contribution in [3.63, 3.8) is 0 Å². The fourth-order valence-electron chi connectivity index (χ4n) is 2.65. The minimum Gasteiger partial charge on any atom is -0.493 e. The highest BCUT2D eigenvalue weighted by atomic mass is 16.5. The van der Waals surface area contributed by atoms with Gasteiger partial charge in [-0.3, -0.25) is 0 Å². The van der Waals surface area contributed by atoms with Crippen LogP contribution in [-0.2, 0) is 0 Å². The SMILES string of the molecule is Cc1ccc(OCCCCC(C)(CO)NC(C)C)c(C)c1. The summed E-state index contributed by atoms with van der Waals surface area (Å²) < 4.78 is 5.84. The molecule has 120 valence electrons. The van der Waals surface area contributed by atoms with Crippen LogP contribution in [0.2, 0.25) is 0 Å². The van der Waals surface area contributed by atoms with E-state index in [9.17, 15) is 5.11 Å². The van der Waals surface area contributed by atoms with Crippen LogP contribution in [0, 0.1) is 13.8 Å². The zero-order chi connectivity index (χ0) is 15.9. The molecule has 3 heteroatoms. The summed E-state index contributed by atoms with van der Waals surface area (Å²) in [6.45, 7) is 11.4. The number of hydrogen-bond donors (Lipinski definition) is 2. The maximum atomic E-state index is 9.54. The summed E-state index contributed by atoms with van der Waals surface area (Å²) in [5.41, 5.74) is 2.27. The standard InChI is InChI=1S/C18H31NO2/c1-14(2)19-18(5,13-20)10-6-7-11-21-17-9-8-15(3)12-16(17)4/h8-9,12,14,19-20H,6-7,10-11,13H2,1-5H3. The van der Waals surface area contributed by atoms with E-state index in [-0.39, 0.29) is 12.1 Å². The summed E-state index contributed by atoms with van der Waals surface area (Å²) in [7, 11) is 0. The molecule has 1 atom stereocenters. The van der Waals surface area contributed by atoms with Crippen LogP contribution in [0.4, 0.5) is 0 Å². The first-order valence-corrected chi connectivity index (χ1v) is 7.95. The molecule has 0 aromatic heterocycles. The molecule has 0 saturated heterocycles. The fraction of sp³-hybridized carbons (Fsp3) is 0.667. The van der Waals surface area contributed by atoms with E-state index in [0.29, 0.717) is 6.04 Å². The number of nitrogens with one attached hydrogen (secondary N) is 1. The summed E-state index contributed by atoms with van der Waals surface area (Å²) in [4.78, 5) is 0. The molecule has 0 spiro atoms. The molecule has 0 radical (unpaired) electrons. The molecular formula is C18H31NO2. The van der Waals surface area contributed by atoms with Gasteiger partial charge in [-0.1, -0.05) is 31.5 Å². The van der Waals surface area contributed by atoms with E-state index in [1.807, 2.05) is 6.07 Å². The van der Waals surface area contributed by atoms with E-state index < -0.39 is 0 Å². The lowest BCUT2D eigenvalue weighted by atomic mass is 9.95. The van der Waals surface area contributed by atoms with Crippen LogP contribution in [-0.4, -0.2) is 29.9 Å². The van der Waals surface area contributed by atoms with Crippen molar-refractivity contribution in [1.29, 1.82) is 0 Å². The molecule has 0 amide bonds. The van der Waals surface area contributed by atoms with Crippen molar-refractivity contribution in [2.45, 2.75) is 65.5 Å². The summed E-state index contributed by atoms with van der Waals surface area (Å²) >= 11 is 0. The van der Waals surface area contributed by atoms with Crippen molar-refractivity contribution in [2.75, 3.05) is 13.2 Å². The van der Waals surface area contributed by atoms with Crippen LogP contribution >= 0.6 is 0 Å². The van der Waals surface area contributed by atoms with E-state index >= 15 is 0 Å². The quantitative estimate of drug-likeness (QED) is 0.684. The maximum Gasteiger partial charge on any atom is 0.122 e. The third-order valence-electron chi connectivity index (χ3n) is 3.70. The topological polar surface area (TPSA) is 41.5 Å². The molecule has 0 heterocycles. The molecule has 2 N–H and O–H groups in total. The van der Waals surface area contributed by atoms with E-state index in [1.165, 1.54) is 11.1 Å². The van der Waals surface area contributed by atoms with Crippen LogP contribution in [0.5, 0.6) is 5.75 Å². The van der Waals surface area contributed by atoms with E-state index in [0.717, 1.165) is 31.6 Å². The first-order valence-electron chi connectivity index (χ1n) is 7.95. The van der Waals surface area contributed by atoms with Crippen LogP contribution < -0.4 is 10.1 Å². The molecule has 0 aliphatic carbocycles. The molecule has 3 nitrogen and oxygen atoms in total. The minimum absolute atomic E-state index is 0.170. The van der Waals surface area contributed by atoms with Crippen molar-refractivity contribution in [3.05, 3.63) is 29.3 Å². The summed E-state index contributed by atoms with van der Waals surface area (Å²) in [5, 5.41) is 13.0. The lowest BCUT2D eigenvalue weighted by molar-refractivity contribution is 0.152. The summed E-state index contributed by atoms with van der Waals surface area (Å²) in [5.74, 6) is 0.978. The van der Waals surface area contributed by atoms with Gasteiger partial charge < -0.3 is 15.2 Å². The molecule has 1 aromatic carbocycles. The van der Waals surface area contributed by atoms with Gasteiger partial charge in [0.15, 0.2) is 0 Å². The number of ether oxygens (including phenoxy) is 1. The monoisotopic (exact) mass is 293 g/mol. The van der Waals surface area contributed by atoms with Gasteiger partial charge in [-0.05, 0) is 51.7 Å². The second-order valence-electron chi connectivity index (χ2n) is 6.59. The Bertz CT molecular complexity index is 431. The van der Waals surface area contributed by atoms with Gasteiger partial charge in [-0.15, -0.1) is 0 Å². The van der Waals surface area contributed by atoms with Crippen molar-refractivity contribution in [2.24, 2.45) is 0 Å². The molecular weight excluding hydrogens is 262 g/mol. The smallest absolute Gasteiger partial charge is 0.122 e. The molecule has 1 unspecified atom stereocenters. The molecule has 1 aromatic rings. The predicted octanol–water partition coefficient (Wildman–Crippen LogP) is 3.60. The van der Waals surface area contributed by atoms with Gasteiger partial charge in [0.1, 0.15) is 5.75 Å². The predicted molar refractivity (Wildman–Crippen MR) is 89.0 cm³/mol. The minimum atomic E-state index is -0.187. The van der Waals surface area contributed by atoms with Crippen molar-refractivity contribution < 1.29 is 9.84 Å². The van der Waals surface area contributed by atoms with Crippen LogP contribution in [0.1, 0.15) is 51.2 Å². The molecule has 0 fully saturated rings. The van der Waals surface area contributed by atoms with Crippen molar-refractivity contribution in [1.82, 2.24) is 5.32 Å². The Morgan fingerprint density at radius 2 is 1.95 bits per heavy atom. The molecule has 0 saturated carbocycles. The van der Waals surface area contributed by atoms with Crippen LogP contribution in [0.3, 0.4) is 0 Å². The normalized spacial score (nSPS) is 14.2. The fourth-order valence-corrected chi connectivity index (χ4v) is 2.65. The van der Waals surface area contributed by atoms with Gasteiger partial charge in [-0.25, -0.2) is 0 Å². The molecule has 0 aliphatic rings. The number of aliphatic hydroxyl groups is 1. The zero-order valence-electron chi connectivity index (χ0n) is 14.2. The van der Waals surface area contributed by atoms with Crippen molar-refractivity contribution >= 4 is 0 Å². The molecule has 21 heavy (non-hydrogen) atoms. The van der Waals surface area contributed by atoms with Gasteiger partial charge in [0, 0.05) is 11.6 Å². The van der Waals surface area contributed by atoms with E-state index in [4.69, 9.17) is 4.74 Å². The van der Waals surface area contributed by atoms with Crippen LogP contribution in [0.25, 0.3) is 0 Å². The first-order chi connectivity index (χ1) is 9.86. The Hall–Kier alpha value is -1.06. The Kier molecular flexibility index (Phi) is 7.20. The van der Waals surface area contributed by atoms with Crippen molar-refractivity contribution in [3.8, 4) is 5.75 Å². The number of hydrogen-bond acceptors (Lipinski definition) is 3. The highest BCUT2D eigenvalue weighted by Crippen LogP contribution is 2.20. The highest BCUT2D eigenvalue weighted by molar-refractivity contribution is 5.35. The van der Waals surface area contributed by atoms with Gasteiger partial charge in [0.2, 0.25) is 0 Å². The van der Waals surface area contributed by atoms with E-state index in [1.54, 1.807) is 0 Å². The Balaban J connectivity index is 2.30.